The SMILES string of the molecule is c1cc(-c2ccc3c(c2)SN([C@@H]2CN4CCC2CC4)C3)ccn1. The highest BCUT2D eigenvalue weighted by Gasteiger charge is 2.39. The van der Waals surface area contributed by atoms with E-state index in [2.05, 4.69) is 44.5 Å². The molecule has 0 unspecified atom stereocenters. The average molecular weight is 323 g/mol. The Morgan fingerprint density at radius 3 is 2.57 bits per heavy atom. The molecule has 23 heavy (non-hydrogen) atoms. The standard InChI is InChI=1S/C19H21N3S/c1-2-17-12-22(18-13-21-9-5-15(18)6-10-21)23-19(17)11-16(1)14-3-7-20-8-4-14/h1-4,7-8,11,15,18H,5-6,9-10,12-13H2/t18-/m1/s1. The summed E-state index contributed by atoms with van der Waals surface area (Å²) in [5.74, 6) is 0.904. The molecule has 0 radical (unpaired) electrons. The minimum absolute atomic E-state index is 0.735. The summed E-state index contributed by atoms with van der Waals surface area (Å²) < 4.78 is 2.65. The van der Waals surface area contributed by atoms with Crippen molar-refractivity contribution in [3.8, 4) is 11.1 Å². The zero-order chi connectivity index (χ0) is 15.2. The number of fused-ring (bicyclic) bond motifs is 4. The van der Waals surface area contributed by atoms with Crippen LogP contribution in [0.2, 0.25) is 0 Å². The van der Waals surface area contributed by atoms with Gasteiger partial charge in [0.1, 0.15) is 0 Å². The molecule has 1 aromatic carbocycles. The highest BCUT2D eigenvalue weighted by molar-refractivity contribution is 7.97. The summed E-state index contributed by atoms with van der Waals surface area (Å²) >= 11 is 1.98. The molecular formula is C19H21N3S. The van der Waals surface area contributed by atoms with Crippen LogP contribution in [0.15, 0.2) is 47.6 Å². The number of piperidine rings is 3. The molecule has 0 amide bonds. The topological polar surface area (TPSA) is 19.4 Å². The summed E-state index contributed by atoms with van der Waals surface area (Å²) in [6.07, 6.45) is 6.52. The zero-order valence-corrected chi connectivity index (χ0v) is 14.0. The van der Waals surface area contributed by atoms with Gasteiger partial charge in [-0.25, -0.2) is 4.31 Å². The van der Waals surface area contributed by atoms with E-state index in [4.69, 9.17) is 0 Å². The van der Waals surface area contributed by atoms with Crippen molar-refractivity contribution in [2.45, 2.75) is 30.3 Å². The first-order valence-corrected chi connectivity index (χ1v) is 9.34. The molecule has 3 saturated heterocycles. The van der Waals surface area contributed by atoms with Crippen LogP contribution in [0.1, 0.15) is 18.4 Å². The molecule has 4 aliphatic heterocycles. The predicted octanol–water partition coefficient (Wildman–Crippen LogP) is 3.67. The van der Waals surface area contributed by atoms with Crippen molar-refractivity contribution in [3.05, 3.63) is 48.3 Å². The molecule has 4 aliphatic rings. The van der Waals surface area contributed by atoms with Gasteiger partial charge in [-0.05, 0) is 78.7 Å². The van der Waals surface area contributed by atoms with Gasteiger partial charge in [0.05, 0.1) is 0 Å². The van der Waals surface area contributed by atoms with Crippen LogP contribution in [-0.4, -0.2) is 39.9 Å². The second kappa shape index (κ2) is 5.62. The molecular weight excluding hydrogens is 302 g/mol. The number of nitrogens with zero attached hydrogens (tertiary/aromatic N) is 3. The second-order valence-corrected chi connectivity index (χ2v) is 8.02. The van der Waals surface area contributed by atoms with Crippen LogP contribution in [-0.2, 0) is 6.54 Å². The summed E-state index contributed by atoms with van der Waals surface area (Å²) in [4.78, 5) is 8.21. The van der Waals surface area contributed by atoms with Gasteiger partial charge in [0.25, 0.3) is 0 Å². The monoisotopic (exact) mass is 323 g/mol. The molecule has 1 aromatic heterocycles. The van der Waals surface area contributed by atoms with Gasteiger partial charge in [0.15, 0.2) is 0 Å². The lowest BCUT2D eigenvalue weighted by atomic mass is 9.84. The van der Waals surface area contributed by atoms with E-state index in [0.717, 1.165) is 18.5 Å². The lowest BCUT2D eigenvalue weighted by molar-refractivity contribution is 0.0420. The van der Waals surface area contributed by atoms with E-state index in [9.17, 15) is 0 Å². The molecule has 0 saturated carbocycles. The Morgan fingerprint density at radius 1 is 1.00 bits per heavy atom. The minimum Gasteiger partial charge on any atom is -0.302 e. The third-order valence-electron chi connectivity index (χ3n) is 5.61. The number of aromatic nitrogens is 1. The van der Waals surface area contributed by atoms with Crippen LogP contribution < -0.4 is 0 Å². The Morgan fingerprint density at radius 2 is 1.83 bits per heavy atom. The molecule has 1 atom stereocenters. The maximum absolute atomic E-state index is 4.12. The Hall–Kier alpha value is -1.36. The first-order valence-electron chi connectivity index (χ1n) is 8.57. The maximum Gasteiger partial charge on any atom is 0.0366 e. The molecule has 3 nitrogen and oxygen atoms in total. The Balaban J connectivity index is 1.39. The van der Waals surface area contributed by atoms with Gasteiger partial charge in [0, 0.05) is 36.4 Å². The van der Waals surface area contributed by atoms with Crippen molar-refractivity contribution >= 4 is 11.9 Å². The molecule has 0 aliphatic carbocycles. The third-order valence-corrected chi connectivity index (χ3v) is 6.83. The Kier molecular flexibility index (Phi) is 3.43. The van der Waals surface area contributed by atoms with Gasteiger partial charge in [-0.2, -0.15) is 0 Å². The van der Waals surface area contributed by atoms with Crippen molar-refractivity contribution in [3.63, 3.8) is 0 Å². The first-order chi connectivity index (χ1) is 11.4. The van der Waals surface area contributed by atoms with Crippen LogP contribution >= 0.6 is 11.9 Å². The smallest absolute Gasteiger partial charge is 0.0366 e. The molecule has 6 rings (SSSR count). The van der Waals surface area contributed by atoms with Crippen LogP contribution in [0.3, 0.4) is 0 Å². The summed E-state index contributed by atoms with van der Waals surface area (Å²) in [7, 11) is 0. The largest absolute Gasteiger partial charge is 0.302 e. The first kappa shape index (κ1) is 14.0. The lowest BCUT2D eigenvalue weighted by Crippen LogP contribution is -2.54. The van der Waals surface area contributed by atoms with Gasteiger partial charge < -0.3 is 4.90 Å². The van der Waals surface area contributed by atoms with Crippen molar-refractivity contribution in [1.82, 2.24) is 14.2 Å². The van der Waals surface area contributed by atoms with Gasteiger partial charge in [-0.1, -0.05) is 12.1 Å². The molecule has 2 aromatic rings. The molecule has 0 N–H and O–H groups in total. The van der Waals surface area contributed by atoms with Gasteiger partial charge >= 0.3 is 0 Å². The van der Waals surface area contributed by atoms with Crippen LogP contribution in [0.25, 0.3) is 11.1 Å². The maximum atomic E-state index is 4.12. The minimum atomic E-state index is 0.735. The van der Waals surface area contributed by atoms with Crippen molar-refractivity contribution < 1.29 is 0 Å². The normalized spacial score (nSPS) is 29.7. The fourth-order valence-electron chi connectivity index (χ4n) is 4.27. The van der Waals surface area contributed by atoms with Crippen LogP contribution in [0, 0.1) is 5.92 Å². The fraction of sp³-hybridized carbons (Fsp3) is 0.421. The molecule has 0 spiro atoms. The highest BCUT2D eigenvalue weighted by Crippen LogP contribution is 2.43. The lowest BCUT2D eigenvalue weighted by Gasteiger charge is -2.47. The zero-order valence-electron chi connectivity index (χ0n) is 13.2. The number of pyridine rings is 1. The Labute approximate surface area is 141 Å². The van der Waals surface area contributed by atoms with Crippen LogP contribution in [0.4, 0.5) is 0 Å². The number of hydrogen-bond donors (Lipinski definition) is 0. The molecule has 118 valence electrons. The Bertz CT molecular complexity index is 710. The molecule has 3 fully saturated rings. The van der Waals surface area contributed by atoms with E-state index in [-0.39, 0.29) is 0 Å². The summed E-state index contributed by atoms with van der Waals surface area (Å²) in [6, 6.07) is 11.9. The summed E-state index contributed by atoms with van der Waals surface area (Å²) in [6.45, 7) is 5.01. The number of benzene rings is 1. The van der Waals surface area contributed by atoms with E-state index in [1.807, 2.05) is 24.3 Å². The molecule has 5 heterocycles. The quantitative estimate of drug-likeness (QED) is 0.785. The van der Waals surface area contributed by atoms with E-state index in [1.165, 1.54) is 54.1 Å². The second-order valence-electron chi connectivity index (χ2n) is 6.93. The van der Waals surface area contributed by atoms with Crippen molar-refractivity contribution in [1.29, 1.82) is 0 Å². The van der Waals surface area contributed by atoms with E-state index >= 15 is 0 Å². The average Bonchev–Trinajstić information content (AvgIpc) is 3.06. The van der Waals surface area contributed by atoms with E-state index in [0.29, 0.717) is 0 Å². The van der Waals surface area contributed by atoms with Gasteiger partial charge in [0.2, 0.25) is 0 Å². The van der Waals surface area contributed by atoms with Gasteiger partial charge in [-0.3, -0.25) is 4.98 Å². The highest BCUT2D eigenvalue weighted by atomic mass is 32.2. The molecule has 2 bridgehead atoms. The third kappa shape index (κ3) is 2.49. The summed E-state index contributed by atoms with van der Waals surface area (Å²) in [5, 5.41) is 0. The number of hydrogen-bond acceptors (Lipinski definition) is 4. The molecule has 4 heteroatoms. The van der Waals surface area contributed by atoms with E-state index in [1.54, 1.807) is 0 Å². The predicted molar refractivity (Wildman–Crippen MR) is 94.0 cm³/mol. The van der Waals surface area contributed by atoms with Gasteiger partial charge in [-0.15, -0.1) is 0 Å². The van der Waals surface area contributed by atoms with Crippen molar-refractivity contribution in [2.24, 2.45) is 5.92 Å². The fourth-order valence-corrected chi connectivity index (χ4v) is 5.53. The van der Waals surface area contributed by atoms with E-state index < -0.39 is 0 Å². The van der Waals surface area contributed by atoms with Crippen molar-refractivity contribution in [2.75, 3.05) is 19.6 Å². The summed E-state index contributed by atoms with van der Waals surface area (Å²) in [5.41, 5.74) is 4.04. The van der Waals surface area contributed by atoms with Crippen LogP contribution in [0.5, 0.6) is 0 Å². The number of rotatable bonds is 2.